The van der Waals surface area contributed by atoms with E-state index in [1.54, 1.807) is 26.4 Å². The number of aliphatic carboxylic acids is 1. The third kappa shape index (κ3) is 14.0. The molecule has 2 heterocycles. The van der Waals surface area contributed by atoms with E-state index in [9.17, 15) is 45.4 Å². The van der Waals surface area contributed by atoms with Gasteiger partial charge in [-0.15, -0.1) is 0 Å². The van der Waals surface area contributed by atoms with Gasteiger partial charge in [0, 0.05) is 94.0 Å². The molecule has 4 N–H and O–H groups in total. The smallest absolute Gasteiger partial charge is 0.303 e. The zero-order valence-corrected chi connectivity index (χ0v) is 39.5. The summed E-state index contributed by atoms with van der Waals surface area (Å²) in [5, 5.41) is 14.9. The number of nitrogens with one attached hydrogen (secondary N) is 2. The lowest BCUT2D eigenvalue weighted by Gasteiger charge is -2.31. The van der Waals surface area contributed by atoms with Crippen LogP contribution in [0, 0.1) is 0 Å². The molecule has 16 nitrogen and oxygen atoms in total. The first kappa shape index (κ1) is 52.2. The van der Waals surface area contributed by atoms with Crippen LogP contribution in [-0.2, 0) is 54.9 Å². The molecule has 1 atom stereocenters. The number of allylic oxidation sites excluding steroid dienone is 4. The summed E-state index contributed by atoms with van der Waals surface area (Å²) in [6.07, 6.45) is 13.1. The molecular weight excluding hydrogens is 865 g/mol. The Bertz CT molecular complexity index is 2290. The lowest BCUT2D eigenvalue weighted by Crippen LogP contribution is -2.30. The molecule has 0 aromatic heterocycles. The van der Waals surface area contributed by atoms with Gasteiger partial charge in [-0.25, -0.2) is 8.42 Å². The van der Waals surface area contributed by atoms with Crippen molar-refractivity contribution in [3.05, 3.63) is 71.5 Å². The topological polar surface area (TPSA) is 232 Å². The number of fused-ring (bicyclic) bond motifs is 2. The van der Waals surface area contributed by atoms with Crippen molar-refractivity contribution in [1.29, 1.82) is 0 Å². The Morgan fingerprint density at radius 3 is 1.95 bits per heavy atom. The summed E-state index contributed by atoms with van der Waals surface area (Å²) < 4.78 is 83.7. The van der Waals surface area contributed by atoms with Crippen LogP contribution in [0.2, 0.25) is 0 Å². The average Bonchev–Trinajstić information content (AvgIpc) is 3.58. The Labute approximate surface area is 378 Å². The largest absolute Gasteiger partial charge is 0.744 e. The molecule has 0 radical (unpaired) electrons. The Morgan fingerprint density at radius 2 is 1.36 bits per heavy atom. The standard InChI is InChI=1S/C46H66N4O12S2/c1-45(2)36-32-34(63(55,56)57)21-23-38(36)49(28-13-7-9-18-42(51)47-26-30-61-4)40(45)16-15-17-41-46(3,25-12-6-11-20-44(53)54)37-33-35(64(58,59)60)22-24-39(37)50(41)29-14-8-10-19-43(52)48-27-31-62-5/h15-17,21-24,32-33H,6-14,18-20,25-31H2,1-5H3,(H4-,47,48,51,52,53,54,55,56,57,58,59,60). The summed E-state index contributed by atoms with van der Waals surface area (Å²) in [5.74, 6) is -0.992. The molecule has 2 aliphatic rings. The number of methoxy groups -OCH3 is 2. The van der Waals surface area contributed by atoms with Gasteiger partial charge in [-0.3, -0.25) is 18.9 Å². The maximum Gasteiger partial charge on any atom is 0.303 e. The van der Waals surface area contributed by atoms with Gasteiger partial charge < -0.3 is 34.7 Å². The van der Waals surface area contributed by atoms with Gasteiger partial charge in [0.05, 0.1) is 28.4 Å². The number of ether oxygens (including phenoxy) is 2. The van der Waals surface area contributed by atoms with E-state index in [1.807, 2.05) is 39.0 Å². The predicted octanol–water partition coefficient (Wildman–Crippen LogP) is 6.11. The highest BCUT2D eigenvalue weighted by Gasteiger charge is 2.46. The van der Waals surface area contributed by atoms with Crippen molar-refractivity contribution in [2.24, 2.45) is 0 Å². The Hall–Kier alpha value is -4.46. The molecule has 2 aromatic carbocycles. The van der Waals surface area contributed by atoms with E-state index >= 15 is 0 Å². The number of carbonyl (C=O) groups is 3. The van der Waals surface area contributed by atoms with Crippen LogP contribution in [0.1, 0.15) is 115 Å². The Kier molecular flexibility index (Phi) is 19.3. The van der Waals surface area contributed by atoms with E-state index in [0.29, 0.717) is 108 Å². The summed E-state index contributed by atoms with van der Waals surface area (Å²) in [5.41, 5.74) is 3.15. The molecule has 2 aromatic rings. The molecular formula is C46H66N4O12S2. The second-order valence-corrected chi connectivity index (χ2v) is 19.9. The Balaban J connectivity index is 1.73. The Morgan fingerprint density at radius 1 is 0.781 bits per heavy atom. The van der Waals surface area contributed by atoms with Gasteiger partial charge in [-0.2, -0.15) is 13.0 Å². The normalized spacial score (nSPS) is 17.6. The van der Waals surface area contributed by atoms with Gasteiger partial charge in [0.25, 0.3) is 10.1 Å². The van der Waals surface area contributed by atoms with Crippen molar-refractivity contribution in [3.63, 3.8) is 0 Å². The molecule has 1 unspecified atom stereocenters. The van der Waals surface area contributed by atoms with Crippen LogP contribution in [0.3, 0.4) is 0 Å². The molecule has 18 heteroatoms. The maximum atomic E-state index is 12.4. The van der Waals surface area contributed by atoms with Gasteiger partial charge in [0.15, 0.2) is 5.71 Å². The minimum Gasteiger partial charge on any atom is -0.744 e. The number of unbranched alkanes of at least 4 members (excludes halogenated alkanes) is 6. The van der Waals surface area contributed by atoms with Crippen LogP contribution >= 0.6 is 0 Å². The lowest BCUT2D eigenvalue weighted by atomic mass is 9.77. The highest BCUT2D eigenvalue weighted by atomic mass is 32.2. The van der Waals surface area contributed by atoms with Gasteiger partial charge in [-0.05, 0) is 101 Å². The number of nitrogens with zero attached hydrogens (tertiary/aromatic N) is 2. The SMILES string of the molecule is COCCNC(=O)CCCCCN1C(=CC=CC2=[N+](CCCCCC(=O)NCCOC)c3ccc(S(=O)(=O)O)cc3C2(C)C)C(C)(CCCCCC(=O)O)c2cc(S(=O)(=O)[O-])ccc21. The van der Waals surface area contributed by atoms with Gasteiger partial charge in [0.1, 0.15) is 16.7 Å². The third-order valence-electron chi connectivity index (χ3n) is 12.1. The number of hydrogen-bond acceptors (Lipinski definition) is 11. The minimum absolute atomic E-state index is 0.0249. The number of benzene rings is 2. The lowest BCUT2D eigenvalue weighted by molar-refractivity contribution is -0.438. The molecule has 64 heavy (non-hydrogen) atoms. The fraction of sp³-hybridized carbons (Fsp3) is 0.565. The number of carbonyl (C=O) groups excluding carboxylic acids is 2. The molecule has 0 fully saturated rings. The van der Waals surface area contributed by atoms with Crippen LogP contribution in [0.25, 0.3) is 0 Å². The van der Waals surface area contributed by atoms with Crippen LogP contribution in [0.4, 0.5) is 11.4 Å². The molecule has 0 spiro atoms. The number of rotatable bonds is 28. The van der Waals surface area contributed by atoms with Crippen molar-refractivity contribution in [2.75, 3.05) is 58.5 Å². The van der Waals surface area contributed by atoms with Crippen LogP contribution in [0.15, 0.2) is 70.1 Å². The summed E-state index contributed by atoms with van der Waals surface area (Å²) in [7, 11) is -6.14. The summed E-state index contributed by atoms with van der Waals surface area (Å²) in [4.78, 5) is 37.5. The zero-order chi connectivity index (χ0) is 47.1. The average molecular weight is 931 g/mol. The fourth-order valence-electron chi connectivity index (χ4n) is 8.64. The molecule has 354 valence electrons. The van der Waals surface area contributed by atoms with Crippen molar-refractivity contribution in [3.8, 4) is 0 Å². The van der Waals surface area contributed by atoms with E-state index in [-0.39, 0.29) is 28.0 Å². The molecule has 4 rings (SSSR count). The molecule has 0 aliphatic carbocycles. The second-order valence-electron chi connectivity index (χ2n) is 17.1. The van der Waals surface area contributed by atoms with Crippen LogP contribution < -0.4 is 15.5 Å². The zero-order valence-electron chi connectivity index (χ0n) is 37.8. The highest BCUT2D eigenvalue weighted by molar-refractivity contribution is 7.86. The first-order valence-electron chi connectivity index (χ1n) is 22.0. The molecule has 0 saturated heterocycles. The van der Waals surface area contributed by atoms with Crippen LogP contribution in [0.5, 0.6) is 0 Å². The third-order valence-corrected chi connectivity index (χ3v) is 13.7. The van der Waals surface area contributed by atoms with Crippen molar-refractivity contribution in [2.45, 2.75) is 125 Å². The first-order valence-corrected chi connectivity index (χ1v) is 24.9. The van der Waals surface area contributed by atoms with E-state index < -0.39 is 37.0 Å². The maximum absolute atomic E-state index is 12.4. The number of carboxylic acids is 1. The van der Waals surface area contributed by atoms with E-state index in [0.717, 1.165) is 42.0 Å². The molecule has 0 bridgehead atoms. The predicted molar refractivity (Wildman–Crippen MR) is 243 cm³/mol. The molecule has 0 saturated carbocycles. The second kappa shape index (κ2) is 23.6. The van der Waals surface area contributed by atoms with Gasteiger partial charge >= 0.3 is 5.97 Å². The van der Waals surface area contributed by atoms with Crippen molar-refractivity contribution >= 4 is 55.1 Å². The van der Waals surface area contributed by atoms with Crippen molar-refractivity contribution < 1.29 is 59.5 Å². The summed E-state index contributed by atoms with van der Waals surface area (Å²) in [6, 6.07) is 9.04. The highest BCUT2D eigenvalue weighted by Crippen LogP contribution is 2.51. The number of hydrogen-bond donors (Lipinski definition) is 4. The van der Waals surface area contributed by atoms with Gasteiger partial charge in [-0.1, -0.05) is 25.3 Å². The fourth-order valence-corrected chi connectivity index (χ4v) is 9.64. The first-order chi connectivity index (χ1) is 30.2. The quantitative estimate of drug-likeness (QED) is 0.0429. The number of carboxylic acid groups (broad SMARTS) is 1. The van der Waals surface area contributed by atoms with E-state index in [2.05, 4.69) is 20.1 Å². The van der Waals surface area contributed by atoms with Crippen LogP contribution in [-0.4, -0.2) is 113 Å². The number of anilines is 1. The summed E-state index contributed by atoms with van der Waals surface area (Å²) in [6.45, 7) is 8.79. The molecule has 2 amide bonds. The number of amides is 2. The monoisotopic (exact) mass is 930 g/mol. The summed E-state index contributed by atoms with van der Waals surface area (Å²) >= 11 is 0. The van der Waals surface area contributed by atoms with Crippen molar-refractivity contribution in [1.82, 2.24) is 10.6 Å². The minimum atomic E-state index is -4.80. The van der Waals surface area contributed by atoms with E-state index in [1.165, 1.54) is 24.3 Å². The van der Waals surface area contributed by atoms with Gasteiger partial charge in [0.2, 0.25) is 17.5 Å². The van der Waals surface area contributed by atoms with E-state index in [4.69, 9.17) is 9.47 Å². The molecule has 2 aliphatic heterocycles.